The third kappa shape index (κ3) is 4.13. The van der Waals surface area contributed by atoms with Gasteiger partial charge < -0.3 is 9.47 Å². The predicted molar refractivity (Wildman–Crippen MR) is 98.5 cm³/mol. The number of hydrogen-bond acceptors (Lipinski definition) is 5. The van der Waals surface area contributed by atoms with Crippen molar-refractivity contribution in [3.8, 4) is 0 Å². The van der Waals surface area contributed by atoms with Crippen molar-refractivity contribution in [2.75, 3.05) is 19.1 Å². The second kappa shape index (κ2) is 7.61. The van der Waals surface area contributed by atoms with E-state index in [2.05, 4.69) is 45.3 Å². The molecule has 7 heteroatoms. The van der Waals surface area contributed by atoms with Gasteiger partial charge in [-0.2, -0.15) is 0 Å². The molecule has 0 N–H and O–H groups in total. The number of carbonyl (C=O) groups is 1. The predicted octanol–water partition coefficient (Wildman–Crippen LogP) is 3.39. The lowest BCUT2D eigenvalue weighted by molar-refractivity contribution is -0.127. The number of hydrogen-bond donors (Lipinski definition) is 0. The highest BCUT2D eigenvalue weighted by molar-refractivity contribution is 7.99. The average molecular weight is 363 g/mol. The normalized spacial score (nSPS) is 14.0. The quantitative estimate of drug-likeness (QED) is 0.707. The Balaban J connectivity index is 1.54. The van der Waals surface area contributed by atoms with E-state index in [0.717, 1.165) is 16.5 Å². The van der Waals surface area contributed by atoms with Gasteiger partial charge in [0.2, 0.25) is 5.91 Å². The number of nitrogens with zero attached hydrogens (tertiary/aromatic N) is 4. The summed E-state index contributed by atoms with van der Waals surface area (Å²) in [5.41, 5.74) is 1.14. The first-order valence-electron chi connectivity index (χ1n) is 7.99. The molecule has 1 aromatic heterocycles. The van der Waals surface area contributed by atoms with Crippen molar-refractivity contribution in [3.05, 3.63) is 35.7 Å². The summed E-state index contributed by atoms with van der Waals surface area (Å²) in [5.74, 6) is 1.44. The smallest absolute Gasteiger partial charge is 0.233 e. The van der Waals surface area contributed by atoms with Crippen molar-refractivity contribution in [2.24, 2.45) is 0 Å². The van der Waals surface area contributed by atoms with Gasteiger partial charge in [-0.05, 0) is 43.7 Å². The Bertz CT molecular complexity index is 710. The largest absolute Gasteiger partial charge is 0.341 e. The minimum Gasteiger partial charge on any atom is -0.341 e. The molecule has 1 aromatic carbocycles. The van der Waals surface area contributed by atoms with Gasteiger partial charge in [-0.15, -0.1) is 22.0 Å². The third-order valence-corrected chi connectivity index (χ3v) is 5.75. The fourth-order valence-electron chi connectivity index (χ4n) is 2.53. The van der Waals surface area contributed by atoms with Crippen molar-refractivity contribution in [2.45, 2.75) is 42.4 Å². The maximum Gasteiger partial charge on any atom is 0.233 e. The molecule has 0 atom stereocenters. The minimum absolute atomic E-state index is 0.108. The van der Waals surface area contributed by atoms with Crippen LogP contribution in [0.4, 0.5) is 0 Å². The van der Waals surface area contributed by atoms with Gasteiger partial charge in [-0.1, -0.05) is 23.9 Å². The molecule has 2 aromatic rings. The van der Waals surface area contributed by atoms with E-state index in [1.165, 1.54) is 29.5 Å². The van der Waals surface area contributed by atoms with E-state index in [0.29, 0.717) is 18.3 Å². The molecule has 3 rings (SSSR count). The van der Waals surface area contributed by atoms with Crippen LogP contribution in [0.25, 0.3) is 0 Å². The Labute approximate surface area is 151 Å². The van der Waals surface area contributed by atoms with Crippen molar-refractivity contribution in [3.63, 3.8) is 0 Å². The summed E-state index contributed by atoms with van der Waals surface area (Å²) in [5, 5.41) is 9.23. The van der Waals surface area contributed by atoms with E-state index >= 15 is 0 Å². The van der Waals surface area contributed by atoms with E-state index in [1.54, 1.807) is 16.7 Å². The lowest BCUT2D eigenvalue weighted by Gasteiger charge is -2.17. The van der Waals surface area contributed by atoms with E-state index in [1.807, 2.05) is 14.0 Å². The Hall–Kier alpha value is -1.47. The first-order chi connectivity index (χ1) is 11.6. The zero-order valence-corrected chi connectivity index (χ0v) is 15.9. The number of amides is 1. The summed E-state index contributed by atoms with van der Waals surface area (Å²) in [6.07, 6.45) is 4.43. The third-order valence-electron chi connectivity index (χ3n) is 4.08. The maximum atomic E-state index is 12.4. The molecule has 0 saturated heterocycles. The van der Waals surface area contributed by atoms with Crippen molar-refractivity contribution < 1.29 is 4.79 Å². The number of aromatic nitrogens is 3. The molecule has 0 spiro atoms. The van der Waals surface area contributed by atoms with Gasteiger partial charge in [0.05, 0.1) is 5.75 Å². The molecule has 1 saturated carbocycles. The van der Waals surface area contributed by atoms with Crippen LogP contribution in [-0.4, -0.2) is 44.6 Å². The molecule has 1 heterocycles. The molecule has 0 aliphatic heterocycles. The topological polar surface area (TPSA) is 51.0 Å². The Morgan fingerprint density at radius 3 is 2.62 bits per heavy atom. The zero-order valence-electron chi connectivity index (χ0n) is 14.2. The standard InChI is InChI=1S/C17H22N4OS2/c1-12-18-19-17(21(12)14-6-7-14)24-11-16(22)20(2)10-13-4-8-15(23-3)9-5-13/h4-5,8-9,14H,6-7,10-11H2,1-3H3. The van der Waals surface area contributed by atoms with Gasteiger partial charge in [0.25, 0.3) is 0 Å². The highest BCUT2D eigenvalue weighted by atomic mass is 32.2. The van der Waals surface area contributed by atoms with Crippen LogP contribution in [0.5, 0.6) is 0 Å². The lowest BCUT2D eigenvalue weighted by atomic mass is 10.2. The molecule has 1 aliphatic carbocycles. The first-order valence-corrected chi connectivity index (χ1v) is 10.2. The highest BCUT2D eigenvalue weighted by Crippen LogP contribution is 2.38. The number of rotatable bonds is 7. The second-order valence-electron chi connectivity index (χ2n) is 6.02. The molecule has 1 amide bonds. The van der Waals surface area contributed by atoms with Crippen molar-refractivity contribution in [1.82, 2.24) is 19.7 Å². The van der Waals surface area contributed by atoms with Crippen LogP contribution in [0.15, 0.2) is 34.3 Å². The summed E-state index contributed by atoms with van der Waals surface area (Å²) in [6.45, 7) is 2.60. The van der Waals surface area contributed by atoms with E-state index < -0.39 is 0 Å². The fraction of sp³-hybridized carbons (Fsp3) is 0.471. The van der Waals surface area contributed by atoms with Crippen LogP contribution in [0, 0.1) is 6.92 Å². The molecule has 128 valence electrons. The van der Waals surface area contributed by atoms with Gasteiger partial charge >= 0.3 is 0 Å². The Morgan fingerprint density at radius 1 is 1.29 bits per heavy atom. The van der Waals surface area contributed by atoms with Crippen molar-refractivity contribution in [1.29, 1.82) is 0 Å². The second-order valence-corrected chi connectivity index (χ2v) is 7.84. The van der Waals surface area contributed by atoms with Crippen LogP contribution in [0.3, 0.4) is 0 Å². The van der Waals surface area contributed by atoms with Crippen LogP contribution >= 0.6 is 23.5 Å². The van der Waals surface area contributed by atoms with Gasteiger partial charge in [0.15, 0.2) is 5.16 Å². The van der Waals surface area contributed by atoms with Gasteiger partial charge in [0, 0.05) is 24.5 Å². The first kappa shape index (κ1) is 17.4. The maximum absolute atomic E-state index is 12.4. The lowest BCUT2D eigenvalue weighted by Crippen LogP contribution is -2.27. The van der Waals surface area contributed by atoms with E-state index in [-0.39, 0.29) is 5.91 Å². The highest BCUT2D eigenvalue weighted by Gasteiger charge is 2.28. The molecule has 0 bridgehead atoms. The molecule has 5 nitrogen and oxygen atoms in total. The molecule has 24 heavy (non-hydrogen) atoms. The SMILES string of the molecule is CSc1ccc(CN(C)C(=O)CSc2nnc(C)n2C2CC2)cc1. The Kier molecular flexibility index (Phi) is 5.50. The fourth-order valence-corrected chi connectivity index (χ4v) is 3.93. The monoisotopic (exact) mass is 362 g/mol. The average Bonchev–Trinajstić information content (AvgIpc) is 3.36. The zero-order chi connectivity index (χ0) is 17.1. The van der Waals surface area contributed by atoms with Gasteiger partial charge in [-0.3, -0.25) is 4.79 Å². The van der Waals surface area contributed by atoms with Crippen LogP contribution < -0.4 is 0 Å². The molecule has 1 aliphatic rings. The summed E-state index contributed by atoms with van der Waals surface area (Å²) < 4.78 is 2.17. The van der Waals surface area contributed by atoms with Gasteiger partial charge in [-0.25, -0.2) is 0 Å². The van der Waals surface area contributed by atoms with Gasteiger partial charge in [0.1, 0.15) is 5.82 Å². The van der Waals surface area contributed by atoms with Crippen molar-refractivity contribution >= 4 is 29.4 Å². The number of thioether (sulfide) groups is 2. The van der Waals surface area contributed by atoms with E-state index in [4.69, 9.17) is 0 Å². The minimum atomic E-state index is 0.108. The summed E-state index contributed by atoms with van der Waals surface area (Å²) >= 11 is 3.20. The molecule has 0 unspecified atom stereocenters. The summed E-state index contributed by atoms with van der Waals surface area (Å²) in [7, 11) is 1.85. The number of carbonyl (C=O) groups excluding carboxylic acids is 1. The molecule has 1 fully saturated rings. The number of aryl methyl sites for hydroxylation is 1. The van der Waals surface area contributed by atoms with Crippen LogP contribution in [0.1, 0.15) is 30.3 Å². The summed E-state index contributed by atoms with van der Waals surface area (Å²) in [6, 6.07) is 8.87. The molecular formula is C17H22N4OS2. The number of benzene rings is 1. The Morgan fingerprint density at radius 2 is 2.00 bits per heavy atom. The van der Waals surface area contributed by atoms with Crippen LogP contribution in [0.2, 0.25) is 0 Å². The van der Waals surface area contributed by atoms with E-state index in [9.17, 15) is 4.79 Å². The summed E-state index contributed by atoms with van der Waals surface area (Å²) in [4.78, 5) is 15.4. The molecular weight excluding hydrogens is 340 g/mol. The molecule has 0 radical (unpaired) electrons. The van der Waals surface area contributed by atoms with Crippen LogP contribution in [-0.2, 0) is 11.3 Å².